The normalized spacial score (nSPS) is 11.0. The van der Waals surface area contributed by atoms with Crippen molar-refractivity contribution in [2.45, 2.75) is 11.8 Å². The fraction of sp³-hybridized carbons (Fsp3) is 0.0800. The number of carbonyl (C=O) groups is 2. The van der Waals surface area contributed by atoms with Gasteiger partial charge in [-0.3, -0.25) is 9.59 Å². The van der Waals surface area contributed by atoms with E-state index in [4.69, 9.17) is 0 Å². The van der Waals surface area contributed by atoms with Gasteiger partial charge >= 0.3 is 0 Å². The van der Waals surface area contributed by atoms with E-state index in [0.717, 1.165) is 26.2 Å². The molecule has 0 aliphatic heterocycles. The zero-order valence-corrected chi connectivity index (χ0v) is 19.0. The maximum atomic E-state index is 12.4. The largest absolute Gasteiger partial charge is 0.322 e. The van der Waals surface area contributed by atoms with Crippen molar-refractivity contribution in [2.75, 3.05) is 16.4 Å². The molecule has 0 aliphatic rings. The average molecular weight is 460 g/mol. The number of thioether (sulfide) groups is 1. The average Bonchev–Trinajstić information content (AvgIpc) is 3.18. The number of thiazole rings is 1. The number of carbonyl (C=O) groups excluding carboxylic acids is 2. The van der Waals surface area contributed by atoms with Crippen molar-refractivity contribution in [3.63, 3.8) is 0 Å². The lowest BCUT2D eigenvalue weighted by Gasteiger charge is -2.06. The Hall–Kier alpha value is -3.42. The van der Waals surface area contributed by atoms with Crippen molar-refractivity contribution < 1.29 is 9.59 Å². The van der Waals surface area contributed by atoms with Crippen LogP contribution in [-0.4, -0.2) is 22.6 Å². The van der Waals surface area contributed by atoms with Gasteiger partial charge < -0.3 is 10.6 Å². The van der Waals surface area contributed by atoms with Gasteiger partial charge in [-0.2, -0.15) is 0 Å². The Kier molecular flexibility index (Phi) is 6.99. The van der Waals surface area contributed by atoms with Crippen LogP contribution in [0.25, 0.3) is 16.3 Å². The number of nitrogens with zero attached hydrogens (tertiary/aromatic N) is 1. The molecular formula is C25H21N3O2S2. The monoisotopic (exact) mass is 459 g/mol. The molecule has 0 bridgehead atoms. The van der Waals surface area contributed by atoms with Crippen LogP contribution < -0.4 is 10.6 Å². The van der Waals surface area contributed by atoms with E-state index in [0.29, 0.717) is 10.8 Å². The molecule has 0 atom stereocenters. The summed E-state index contributed by atoms with van der Waals surface area (Å²) >= 11 is 2.87. The quantitative estimate of drug-likeness (QED) is 0.263. The topological polar surface area (TPSA) is 71.1 Å². The van der Waals surface area contributed by atoms with Crippen LogP contribution in [0.2, 0.25) is 0 Å². The van der Waals surface area contributed by atoms with Gasteiger partial charge in [-0.25, -0.2) is 4.98 Å². The molecular weight excluding hydrogens is 438 g/mol. The van der Waals surface area contributed by atoms with Gasteiger partial charge in [0.25, 0.3) is 0 Å². The zero-order chi connectivity index (χ0) is 22.3. The van der Waals surface area contributed by atoms with Gasteiger partial charge in [-0.15, -0.1) is 11.8 Å². The zero-order valence-electron chi connectivity index (χ0n) is 17.4. The maximum absolute atomic E-state index is 12.4. The van der Waals surface area contributed by atoms with Gasteiger partial charge in [0.05, 0.1) is 16.0 Å². The first-order chi connectivity index (χ1) is 15.5. The van der Waals surface area contributed by atoms with Crippen LogP contribution in [0, 0.1) is 6.92 Å². The van der Waals surface area contributed by atoms with Gasteiger partial charge in [0.15, 0.2) is 5.13 Å². The predicted molar refractivity (Wildman–Crippen MR) is 134 cm³/mol. The number of benzene rings is 3. The third-order valence-electron chi connectivity index (χ3n) is 4.49. The number of anilines is 2. The van der Waals surface area contributed by atoms with Crippen molar-refractivity contribution in [3.8, 4) is 0 Å². The molecule has 3 aromatic carbocycles. The summed E-state index contributed by atoms with van der Waals surface area (Å²) in [5, 5.41) is 6.32. The minimum Gasteiger partial charge on any atom is -0.322 e. The fourth-order valence-electron chi connectivity index (χ4n) is 2.97. The van der Waals surface area contributed by atoms with Crippen molar-refractivity contribution >= 4 is 62.0 Å². The lowest BCUT2D eigenvalue weighted by Crippen LogP contribution is -2.13. The van der Waals surface area contributed by atoms with E-state index in [1.807, 2.05) is 73.7 Å². The first kappa shape index (κ1) is 21.8. The molecule has 2 N–H and O–H groups in total. The lowest BCUT2D eigenvalue weighted by atomic mass is 10.2. The Morgan fingerprint density at radius 3 is 2.69 bits per heavy atom. The van der Waals surface area contributed by atoms with Crippen LogP contribution in [0.5, 0.6) is 0 Å². The van der Waals surface area contributed by atoms with E-state index < -0.39 is 0 Å². The highest BCUT2D eigenvalue weighted by Crippen LogP contribution is 2.27. The summed E-state index contributed by atoms with van der Waals surface area (Å²) in [6.45, 7) is 2.03. The third kappa shape index (κ3) is 6.06. The van der Waals surface area contributed by atoms with Gasteiger partial charge in [0.1, 0.15) is 0 Å². The van der Waals surface area contributed by atoms with E-state index in [9.17, 15) is 9.59 Å². The molecule has 160 valence electrons. The number of aromatic nitrogens is 1. The Morgan fingerprint density at radius 1 is 1.00 bits per heavy atom. The van der Waals surface area contributed by atoms with Gasteiger partial charge in [0.2, 0.25) is 11.8 Å². The minimum atomic E-state index is -0.209. The summed E-state index contributed by atoms with van der Waals surface area (Å²) in [4.78, 5) is 29.9. The lowest BCUT2D eigenvalue weighted by molar-refractivity contribution is -0.114. The number of nitrogens with one attached hydrogen (secondary N) is 2. The van der Waals surface area contributed by atoms with Gasteiger partial charge in [0, 0.05) is 16.7 Å². The molecule has 2 amide bonds. The number of hydrogen-bond donors (Lipinski definition) is 2. The van der Waals surface area contributed by atoms with Crippen LogP contribution in [0.1, 0.15) is 11.1 Å². The second-order valence-corrected chi connectivity index (χ2v) is 9.17. The summed E-state index contributed by atoms with van der Waals surface area (Å²) in [6.07, 6.45) is 3.27. The summed E-state index contributed by atoms with van der Waals surface area (Å²) in [5.41, 5.74) is 3.69. The molecule has 0 saturated carbocycles. The maximum Gasteiger partial charge on any atom is 0.248 e. The van der Waals surface area contributed by atoms with E-state index in [2.05, 4.69) is 21.7 Å². The molecule has 0 radical (unpaired) electrons. The highest BCUT2D eigenvalue weighted by atomic mass is 32.2. The van der Waals surface area contributed by atoms with Crippen LogP contribution in [-0.2, 0) is 9.59 Å². The highest BCUT2D eigenvalue weighted by Gasteiger charge is 2.09. The first-order valence-electron chi connectivity index (χ1n) is 9.99. The number of amides is 2. The molecule has 32 heavy (non-hydrogen) atoms. The third-order valence-corrected chi connectivity index (χ3v) is 6.42. The van der Waals surface area contributed by atoms with Crippen LogP contribution >= 0.6 is 23.1 Å². The smallest absolute Gasteiger partial charge is 0.248 e. The molecule has 1 aromatic heterocycles. The molecule has 4 rings (SSSR count). The molecule has 0 spiro atoms. The van der Waals surface area contributed by atoms with Crippen LogP contribution in [0.3, 0.4) is 0 Å². The standard InChI is InChI=1S/C25H21N3O2S2/c1-17-10-12-21-22(14-17)32-25(27-21)28-24(30)16-31-20-9-5-8-19(15-20)26-23(29)13-11-18-6-3-2-4-7-18/h2-15H,16H2,1H3,(H,26,29)(H,27,28,30)/b13-11+. The van der Waals surface area contributed by atoms with Gasteiger partial charge in [-0.1, -0.05) is 53.8 Å². The summed E-state index contributed by atoms with van der Waals surface area (Å²) in [5.74, 6) is -0.0777. The molecule has 0 fully saturated rings. The first-order valence-corrected chi connectivity index (χ1v) is 11.8. The minimum absolute atomic E-state index is 0.119. The summed E-state index contributed by atoms with van der Waals surface area (Å²) < 4.78 is 1.05. The fourth-order valence-corrected chi connectivity index (χ4v) is 4.71. The van der Waals surface area contributed by atoms with E-state index in [-0.39, 0.29) is 17.6 Å². The number of rotatable bonds is 7. The van der Waals surface area contributed by atoms with Crippen molar-refractivity contribution in [3.05, 3.63) is 90.0 Å². The molecule has 5 nitrogen and oxygen atoms in total. The Balaban J connectivity index is 1.30. The Labute approximate surface area is 194 Å². The molecule has 0 saturated heterocycles. The Morgan fingerprint density at radius 2 is 1.84 bits per heavy atom. The summed E-state index contributed by atoms with van der Waals surface area (Å²) in [6, 6.07) is 23.1. The number of hydrogen-bond acceptors (Lipinski definition) is 5. The second-order valence-electron chi connectivity index (χ2n) is 7.09. The Bertz CT molecular complexity index is 1280. The van der Waals surface area contributed by atoms with Crippen LogP contribution in [0.15, 0.2) is 83.8 Å². The van der Waals surface area contributed by atoms with E-state index >= 15 is 0 Å². The molecule has 1 heterocycles. The van der Waals surface area contributed by atoms with E-state index in [1.54, 1.807) is 6.08 Å². The number of aryl methyl sites for hydroxylation is 1. The molecule has 7 heteroatoms. The van der Waals surface area contributed by atoms with E-state index in [1.165, 1.54) is 29.2 Å². The van der Waals surface area contributed by atoms with Crippen LogP contribution in [0.4, 0.5) is 10.8 Å². The second kappa shape index (κ2) is 10.3. The highest BCUT2D eigenvalue weighted by molar-refractivity contribution is 8.00. The molecule has 4 aromatic rings. The predicted octanol–water partition coefficient (Wildman–Crippen LogP) is 5.99. The SMILES string of the molecule is Cc1ccc2nc(NC(=O)CSc3cccc(NC(=O)/C=C/c4ccccc4)c3)sc2c1. The van der Waals surface area contributed by atoms with Crippen molar-refractivity contribution in [1.82, 2.24) is 4.98 Å². The molecule has 0 aliphatic carbocycles. The summed E-state index contributed by atoms with van der Waals surface area (Å²) in [7, 11) is 0. The van der Waals surface area contributed by atoms with Crippen molar-refractivity contribution in [2.24, 2.45) is 0 Å². The van der Waals surface area contributed by atoms with Crippen molar-refractivity contribution in [1.29, 1.82) is 0 Å². The van der Waals surface area contributed by atoms with Gasteiger partial charge in [-0.05, 0) is 54.5 Å². The molecule has 0 unspecified atom stereocenters. The number of fused-ring (bicyclic) bond motifs is 1.